The van der Waals surface area contributed by atoms with Gasteiger partial charge in [-0.25, -0.2) is 0 Å². The molecule has 0 unspecified atom stereocenters. The Hall–Kier alpha value is -8.46. The Balaban J connectivity index is 0.836. The molecule has 0 N–H and O–H groups in total. The molecule has 70 heavy (non-hydrogen) atoms. The average Bonchev–Trinajstić information content (AvgIpc) is 3.77. The van der Waals surface area contributed by atoms with Gasteiger partial charge in [0, 0.05) is 45.0 Å². The van der Waals surface area contributed by atoms with Crippen molar-refractivity contribution in [2.45, 2.75) is 38.5 Å². The van der Waals surface area contributed by atoms with Crippen LogP contribution in [0.25, 0.3) is 56.7 Å². The van der Waals surface area contributed by atoms with E-state index < -0.39 is 0 Å². The quantitative estimate of drug-likeness (QED) is 0.126. The lowest BCUT2D eigenvalue weighted by atomic mass is 9.81. The van der Waals surface area contributed by atoms with Crippen LogP contribution in [0.5, 0.6) is 0 Å². The van der Waals surface area contributed by atoms with Gasteiger partial charge in [0.25, 0.3) is 0 Å². The molecule has 0 saturated heterocycles. The molecule has 2 nitrogen and oxygen atoms in total. The van der Waals surface area contributed by atoms with Crippen LogP contribution in [0, 0.1) is 0 Å². The average molecular weight is 899 g/mol. The number of anilines is 6. The minimum absolute atomic E-state index is 0.168. The molecule has 336 valence electrons. The Labute approximate surface area is 413 Å². The number of rotatable bonds is 10. The Morgan fingerprint density at radius 3 is 0.886 bits per heavy atom. The molecule has 0 fully saturated rings. The highest BCUT2D eigenvalue weighted by molar-refractivity contribution is 5.89. The SMILES string of the molecule is CC1(C)c2cc(/C=C/c3ccc4c(c3)C(C)(C)c3cc(N(c5ccc(-c6ccccc6)cc5)c5ccc(-c6ccccc6)cc5)ccc3-4)ccc2-c2ccc(N(c3ccccc3)c3ccccc3)cc21. The second kappa shape index (κ2) is 17.3. The summed E-state index contributed by atoms with van der Waals surface area (Å²) in [5.41, 5.74) is 24.4. The molecule has 0 aliphatic heterocycles. The molecule has 2 aliphatic carbocycles. The summed E-state index contributed by atoms with van der Waals surface area (Å²) >= 11 is 0. The molecule has 0 bridgehead atoms. The van der Waals surface area contributed by atoms with Crippen molar-refractivity contribution in [1.82, 2.24) is 0 Å². The van der Waals surface area contributed by atoms with Gasteiger partial charge < -0.3 is 9.80 Å². The summed E-state index contributed by atoms with van der Waals surface area (Å²) in [5.74, 6) is 0. The van der Waals surface area contributed by atoms with Crippen molar-refractivity contribution in [3.8, 4) is 44.5 Å². The molecule has 12 rings (SSSR count). The third-order valence-electron chi connectivity index (χ3n) is 14.8. The number of benzene rings is 10. The fourth-order valence-corrected chi connectivity index (χ4v) is 11.1. The van der Waals surface area contributed by atoms with E-state index in [1.807, 2.05) is 0 Å². The van der Waals surface area contributed by atoms with Gasteiger partial charge in [0.1, 0.15) is 0 Å². The predicted molar refractivity (Wildman–Crippen MR) is 297 cm³/mol. The lowest BCUT2D eigenvalue weighted by Crippen LogP contribution is -2.16. The zero-order valence-corrected chi connectivity index (χ0v) is 40.1. The minimum Gasteiger partial charge on any atom is -0.310 e. The lowest BCUT2D eigenvalue weighted by molar-refractivity contribution is 0.660. The molecule has 0 spiro atoms. The maximum Gasteiger partial charge on any atom is 0.0465 e. The monoisotopic (exact) mass is 898 g/mol. The second-order valence-corrected chi connectivity index (χ2v) is 19.8. The molecule has 2 heteroatoms. The van der Waals surface area contributed by atoms with Gasteiger partial charge >= 0.3 is 0 Å². The van der Waals surface area contributed by atoms with Gasteiger partial charge in [0.05, 0.1) is 0 Å². The van der Waals surface area contributed by atoms with Crippen molar-refractivity contribution >= 4 is 46.3 Å². The standard InChI is InChI=1S/C68H54N2/c1-67(2)63-43-47(27-39-59(63)61-41-37-57(45-65(61)67)69(53-21-13-7-14-22-53)54-23-15-8-16-24-54)25-26-48-28-40-60-62-42-38-58(46-66(62)68(3,4)64(60)44-48)70(55-33-29-51(30-34-55)49-17-9-5-10-18-49)56-35-31-52(32-36-56)50-19-11-6-12-20-50/h5-46H,1-4H3/b26-25+. The maximum atomic E-state index is 2.43. The molecular weight excluding hydrogens is 845 g/mol. The van der Waals surface area contributed by atoms with E-state index in [0.29, 0.717) is 0 Å². The first-order valence-corrected chi connectivity index (χ1v) is 24.5. The van der Waals surface area contributed by atoms with Gasteiger partial charge in [0.2, 0.25) is 0 Å². The summed E-state index contributed by atoms with van der Waals surface area (Å²) in [6.45, 7) is 9.51. The lowest BCUT2D eigenvalue weighted by Gasteiger charge is -2.28. The third kappa shape index (κ3) is 7.54. The fourth-order valence-electron chi connectivity index (χ4n) is 11.1. The highest BCUT2D eigenvalue weighted by atomic mass is 15.1. The van der Waals surface area contributed by atoms with Crippen molar-refractivity contribution < 1.29 is 0 Å². The summed E-state index contributed by atoms with van der Waals surface area (Å²) < 4.78 is 0. The van der Waals surface area contributed by atoms with Crippen LogP contribution in [-0.2, 0) is 10.8 Å². The van der Waals surface area contributed by atoms with Crippen molar-refractivity contribution in [3.63, 3.8) is 0 Å². The van der Waals surface area contributed by atoms with Crippen molar-refractivity contribution in [1.29, 1.82) is 0 Å². The van der Waals surface area contributed by atoms with E-state index >= 15 is 0 Å². The zero-order chi connectivity index (χ0) is 47.4. The Bertz CT molecular complexity index is 3430. The number of hydrogen-bond acceptors (Lipinski definition) is 2. The first-order chi connectivity index (χ1) is 34.2. The van der Waals surface area contributed by atoms with Crippen LogP contribution in [0.4, 0.5) is 34.1 Å². The highest BCUT2D eigenvalue weighted by Crippen LogP contribution is 2.53. The molecule has 0 saturated carbocycles. The van der Waals surface area contributed by atoms with Crippen molar-refractivity contribution in [3.05, 3.63) is 276 Å². The largest absolute Gasteiger partial charge is 0.310 e. The first kappa shape index (κ1) is 42.9. The van der Waals surface area contributed by atoms with Crippen LogP contribution >= 0.6 is 0 Å². The third-order valence-corrected chi connectivity index (χ3v) is 14.8. The van der Waals surface area contributed by atoms with Gasteiger partial charge in [-0.05, 0) is 151 Å². The molecule has 0 amide bonds. The predicted octanol–water partition coefficient (Wildman–Crippen LogP) is 18.7. The van der Waals surface area contributed by atoms with E-state index in [-0.39, 0.29) is 10.8 Å². The zero-order valence-electron chi connectivity index (χ0n) is 40.1. The Kier molecular flexibility index (Phi) is 10.6. The number of fused-ring (bicyclic) bond motifs is 6. The molecule has 0 heterocycles. The Morgan fingerprint density at radius 2 is 0.529 bits per heavy atom. The van der Waals surface area contributed by atoms with Crippen molar-refractivity contribution in [2.24, 2.45) is 0 Å². The second-order valence-electron chi connectivity index (χ2n) is 19.8. The van der Waals surface area contributed by atoms with E-state index in [4.69, 9.17) is 0 Å². The summed E-state index contributed by atoms with van der Waals surface area (Å²) in [7, 11) is 0. The first-order valence-electron chi connectivity index (χ1n) is 24.5. The van der Waals surface area contributed by atoms with Gasteiger partial charge in [-0.15, -0.1) is 0 Å². The maximum absolute atomic E-state index is 2.43. The number of para-hydroxylation sites is 2. The number of hydrogen-bond donors (Lipinski definition) is 0. The molecule has 2 aliphatic rings. The summed E-state index contributed by atoms with van der Waals surface area (Å²) in [6, 6.07) is 88.6. The molecule has 10 aromatic carbocycles. The van der Waals surface area contributed by atoms with Crippen molar-refractivity contribution in [2.75, 3.05) is 9.80 Å². The smallest absolute Gasteiger partial charge is 0.0465 e. The summed E-state index contributed by atoms with van der Waals surface area (Å²) in [5, 5.41) is 0. The van der Waals surface area contributed by atoms with Crippen LogP contribution in [-0.4, -0.2) is 0 Å². The minimum atomic E-state index is -0.205. The van der Waals surface area contributed by atoms with Crippen LogP contribution in [0.15, 0.2) is 243 Å². The number of nitrogens with zero attached hydrogens (tertiary/aromatic N) is 2. The Morgan fingerprint density at radius 1 is 0.257 bits per heavy atom. The van der Waals surface area contributed by atoms with Gasteiger partial charge in [0.15, 0.2) is 0 Å². The summed E-state index contributed by atoms with van der Waals surface area (Å²) in [4.78, 5) is 4.76. The van der Waals surface area contributed by atoms with Crippen LogP contribution in [0.2, 0.25) is 0 Å². The molecule has 0 radical (unpaired) electrons. The van der Waals surface area contributed by atoms with Gasteiger partial charge in [-0.2, -0.15) is 0 Å². The van der Waals surface area contributed by atoms with Gasteiger partial charge in [-0.3, -0.25) is 0 Å². The molecular formula is C68H54N2. The normalized spacial score (nSPS) is 13.6. The van der Waals surface area contributed by atoms with E-state index in [1.165, 1.54) is 77.9 Å². The van der Waals surface area contributed by atoms with E-state index in [0.717, 1.165) is 34.1 Å². The van der Waals surface area contributed by atoms with E-state index in [1.54, 1.807) is 0 Å². The van der Waals surface area contributed by atoms with E-state index in [2.05, 4.69) is 292 Å². The van der Waals surface area contributed by atoms with Crippen LogP contribution in [0.3, 0.4) is 0 Å². The van der Waals surface area contributed by atoms with E-state index in [9.17, 15) is 0 Å². The highest BCUT2D eigenvalue weighted by Gasteiger charge is 2.38. The fraction of sp³-hybridized carbons (Fsp3) is 0.0882. The van der Waals surface area contributed by atoms with Crippen LogP contribution in [0.1, 0.15) is 61.1 Å². The van der Waals surface area contributed by atoms with Crippen LogP contribution < -0.4 is 9.80 Å². The topological polar surface area (TPSA) is 6.48 Å². The molecule has 10 aromatic rings. The molecule has 0 atom stereocenters. The van der Waals surface area contributed by atoms with Gasteiger partial charge in [-0.1, -0.05) is 210 Å². The summed E-state index contributed by atoms with van der Waals surface area (Å²) in [6.07, 6.45) is 4.58. The molecule has 0 aromatic heterocycles.